The average Bonchev–Trinajstić information content (AvgIpc) is 3.16. The molecule has 0 spiro atoms. The number of carbonyl (C=O) groups is 1. The molecule has 2 heterocycles. The number of nitrogens with zero attached hydrogens (tertiary/aromatic N) is 3. The number of halogens is 1. The first-order valence-corrected chi connectivity index (χ1v) is 8.76. The molecule has 132 valence electrons. The molecule has 6 heteroatoms. The summed E-state index contributed by atoms with van der Waals surface area (Å²) in [5.74, 6) is 1.48. The Kier molecular flexibility index (Phi) is 5.43. The van der Waals surface area contributed by atoms with E-state index in [2.05, 4.69) is 4.98 Å². The number of anilines is 1. The second kappa shape index (κ2) is 7.74. The maximum absolute atomic E-state index is 12.8. The van der Waals surface area contributed by atoms with Crippen molar-refractivity contribution in [3.05, 3.63) is 52.7 Å². The van der Waals surface area contributed by atoms with Gasteiger partial charge in [0.1, 0.15) is 11.6 Å². The summed E-state index contributed by atoms with van der Waals surface area (Å²) in [7, 11) is 3.55. The van der Waals surface area contributed by atoms with Crippen molar-refractivity contribution in [2.75, 3.05) is 32.1 Å². The minimum Gasteiger partial charge on any atom is -0.496 e. The van der Waals surface area contributed by atoms with E-state index in [9.17, 15) is 4.79 Å². The highest BCUT2D eigenvalue weighted by Crippen LogP contribution is 2.27. The first-order chi connectivity index (χ1) is 12.1. The number of aromatic nitrogens is 1. The van der Waals surface area contributed by atoms with Crippen molar-refractivity contribution in [2.24, 2.45) is 0 Å². The van der Waals surface area contributed by atoms with Crippen LogP contribution in [0, 0.1) is 0 Å². The summed E-state index contributed by atoms with van der Waals surface area (Å²) < 4.78 is 5.42. The van der Waals surface area contributed by atoms with Crippen molar-refractivity contribution in [3.8, 4) is 5.75 Å². The second-order valence-corrected chi connectivity index (χ2v) is 6.62. The van der Waals surface area contributed by atoms with Gasteiger partial charge in [0.15, 0.2) is 0 Å². The average molecular weight is 360 g/mol. The minimum absolute atomic E-state index is 0.0468. The van der Waals surface area contributed by atoms with Gasteiger partial charge in [0.2, 0.25) is 0 Å². The normalized spacial score (nSPS) is 13.8. The molecule has 3 rings (SSSR count). The Hall–Kier alpha value is -2.27. The van der Waals surface area contributed by atoms with E-state index >= 15 is 0 Å². The lowest BCUT2D eigenvalue weighted by atomic mass is 10.1. The van der Waals surface area contributed by atoms with E-state index in [-0.39, 0.29) is 5.91 Å². The van der Waals surface area contributed by atoms with Crippen LogP contribution in [0.1, 0.15) is 28.8 Å². The molecule has 1 aromatic carbocycles. The summed E-state index contributed by atoms with van der Waals surface area (Å²) in [6.07, 6.45) is 3.84. The Morgan fingerprint density at radius 1 is 1.32 bits per heavy atom. The van der Waals surface area contributed by atoms with E-state index < -0.39 is 0 Å². The Balaban J connectivity index is 1.86. The number of amides is 1. The van der Waals surface area contributed by atoms with Gasteiger partial charge in [-0.3, -0.25) is 4.79 Å². The molecule has 25 heavy (non-hydrogen) atoms. The smallest absolute Gasteiger partial charge is 0.257 e. The van der Waals surface area contributed by atoms with Gasteiger partial charge in [-0.2, -0.15) is 0 Å². The zero-order chi connectivity index (χ0) is 17.8. The Bertz CT molecular complexity index is 760. The van der Waals surface area contributed by atoms with Crippen molar-refractivity contribution in [3.63, 3.8) is 0 Å². The monoisotopic (exact) mass is 359 g/mol. The van der Waals surface area contributed by atoms with Gasteiger partial charge in [-0.25, -0.2) is 4.98 Å². The van der Waals surface area contributed by atoms with Crippen LogP contribution in [0.4, 0.5) is 5.82 Å². The van der Waals surface area contributed by atoms with Crippen molar-refractivity contribution < 1.29 is 9.53 Å². The van der Waals surface area contributed by atoms with E-state index in [1.54, 1.807) is 25.4 Å². The largest absolute Gasteiger partial charge is 0.496 e. The molecule has 1 aliphatic rings. The first-order valence-electron chi connectivity index (χ1n) is 8.38. The zero-order valence-electron chi connectivity index (χ0n) is 14.5. The van der Waals surface area contributed by atoms with E-state index in [0.29, 0.717) is 22.9 Å². The number of pyridine rings is 1. The van der Waals surface area contributed by atoms with Crippen LogP contribution in [0.2, 0.25) is 5.02 Å². The van der Waals surface area contributed by atoms with Crippen molar-refractivity contribution in [1.82, 2.24) is 9.88 Å². The number of hydrogen-bond donors (Lipinski definition) is 0. The second-order valence-electron chi connectivity index (χ2n) is 6.19. The summed E-state index contributed by atoms with van der Waals surface area (Å²) in [6, 6.07) is 9.17. The van der Waals surface area contributed by atoms with Crippen molar-refractivity contribution >= 4 is 23.3 Å². The molecule has 0 radical (unpaired) electrons. The van der Waals surface area contributed by atoms with Gasteiger partial charge in [-0.15, -0.1) is 0 Å². The van der Waals surface area contributed by atoms with Gasteiger partial charge in [0.05, 0.1) is 12.7 Å². The maximum atomic E-state index is 12.8. The van der Waals surface area contributed by atoms with Crippen molar-refractivity contribution in [1.29, 1.82) is 0 Å². The fraction of sp³-hybridized carbons (Fsp3) is 0.368. The predicted octanol–water partition coefficient (Wildman–Crippen LogP) is 3.62. The molecule has 0 saturated carbocycles. The molecule has 1 aliphatic heterocycles. The molecule has 1 aromatic heterocycles. The number of hydrogen-bond acceptors (Lipinski definition) is 4. The lowest BCUT2D eigenvalue weighted by molar-refractivity contribution is 0.0793. The fourth-order valence-electron chi connectivity index (χ4n) is 3.16. The topological polar surface area (TPSA) is 45.7 Å². The van der Waals surface area contributed by atoms with Gasteiger partial charge in [0.25, 0.3) is 5.91 Å². The van der Waals surface area contributed by atoms with Crippen molar-refractivity contribution in [2.45, 2.75) is 19.4 Å². The molecule has 0 N–H and O–H groups in total. The molecular formula is C19H22ClN3O2. The number of methoxy groups -OCH3 is 1. The molecule has 5 nitrogen and oxygen atoms in total. The number of ether oxygens (including phenoxy) is 1. The maximum Gasteiger partial charge on any atom is 0.257 e. The number of likely N-dealkylation sites (tertiary alicyclic amines) is 1. The predicted molar refractivity (Wildman–Crippen MR) is 99.5 cm³/mol. The van der Waals surface area contributed by atoms with Crippen LogP contribution in [-0.4, -0.2) is 43.0 Å². The fourth-order valence-corrected chi connectivity index (χ4v) is 3.35. The van der Waals surface area contributed by atoms with Crippen LogP contribution in [0.3, 0.4) is 0 Å². The van der Waals surface area contributed by atoms with Gasteiger partial charge >= 0.3 is 0 Å². The summed E-state index contributed by atoms with van der Waals surface area (Å²) in [5.41, 5.74) is 1.58. The standard InChI is InChI=1S/C19H22ClN3O2/c1-22(13-14-12-15(20)7-8-17(14)25-2)18-16(6-5-9-21-18)19(24)23-10-3-4-11-23/h5-9,12H,3-4,10-11,13H2,1-2H3. The molecule has 0 aliphatic carbocycles. The quantitative estimate of drug-likeness (QED) is 0.818. The lowest BCUT2D eigenvalue weighted by Crippen LogP contribution is -2.30. The zero-order valence-corrected chi connectivity index (χ0v) is 15.3. The third kappa shape index (κ3) is 3.87. The molecule has 1 saturated heterocycles. The third-order valence-corrected chi connectivity index (χ3v) is 4.66. The van der Waals surface area contributed by atoms with E-state index in [1.807, 2.05) is 35.0 Å². The van der Waals surface area contributed by atoms with Crippen LogP contribution in [0.5, 0.6) is 5.75 Å². The van der Waals surface area contributed by atoms with Crippen LogP contribution >= 0.6 is 11.6 Å². The molecule has 1 amide bonds. The van der Waals surface area contributed by atoms with E-state index in [4.69, 9.17) is 16.3 Å². The van der Waals surface area contributed by atoms with Crippen LogP contribution in [-0.2, 0) is 6.54 Å². The Labute approximate surface area is 153 Å². The molecule has 0 bridgehead atoms. The van der Waals surface area contributed by atoms with Crippen LogP contribution < -0.4 is 9.64 Å². The molecule has 0 unspecified atom stereocenters. The van der Waals surface area contributed by atoms with Gasteiger partial charge in [0, 0.05) is 43.5 Å². The van der Waals surface area contributed by atoms with Gasteiger partial charge in [-0.05, 0) is 43.2 Å². The van der Waals surface area contributed by atoms with E-state index in [0.717, 1.165) is 37.2 Å². The summed E-state index contributed by atoms with van der Waals surface area (Å²) in [5, 5.41) is 0.651. The highest BCUT2D eigenvalue weighted by Gasteiger charge is 2.24. The summed E-state index contributed by atoms with van der Waals surface area (Å²) in [4.78, 5) is 21.1. The summed E-state index contributed by atoms with van der Waals surface area (Å²) >= 11 is 6.12. The lowest BCUT2D eigenvalue weighted by Gasteiger charge is -2.24. The molecular weight excluding hydrogens is 338 g/mol. The molecule has 0 atom stereocenters. The first kappa shape index (κ1) is 17.5. The van der Waals surface area contributed by atoms with Gasteiger partial charge < -0.3 is 14.5 Å². The summed E-state index contributed by atoms with van der Waals surface area (Å²) in [6.45, 7) is 2.18. The highest BCUT2D eigenvalue weighted by atomic mass is 35.5. The SMILES string of the molecule is COc1ccc(Cl)cc1CN(C)c1ncccc1C(=O)N1CCCC1. The third-order valence-electron chi connectivity index (χ3n) is 4.42. The Morgan fingerprint density at radius 3 is 2.80 bits per heavy atom. The van der Waals surface area contributed by atoms with Crippen LogP contribution in [0.15, 0.2) is 36.5 Å². The highest BCUT2D eigenvalue weighted by molar-refractivity contribution is 6.30. The number of rotatable bonds is 5. The van der Waals surface area contributed by atoms with E-state index in [1.165, 1.54) is 0 Å². The molecule has 2 aromatic rings. The number of benzene rings is 1. The Morgan fingerprint density at radius 2 is 2.08 bits per heavy atom. The van der Waals surface area contributed by atoms with Gasteiger partial charge in [-0.1, -0.05) is 11.6 Å². The number of carbonyl (C=O) groups excluding carboxylic acids is 1. The minimum atomic E-state index is 0.0468. The molecule has 1 fully saturated rings. The van der Waals surface area contributed by atoms with Crippen LogP contribution in [0.25, 0.3) is 0 Å².